The predicted molar refractivity (Wildman–Crippen MR) is 101 cm³/mol. The average molecular weight is 357 g/mol. The number of carbonyl (C=O) groups is 2. The van der Waals surface area contributed by atoms with Gasteiger partial charge in [0.15, 0.2) is 0 Å². The minimum atomic E-state index is -0.769. The van der Waals surface area contributed by atoms with Crippen molar-refractivity contribution in [2.75, 3.05) is 6.54 Å². The van der Waals surface area contributed by atoms with Gasteiger partial charge in [0.05, 0.1) is 0 Å². The molecular formula is C20H23NO3S. The van der Waals surface area contributed by atoms with Crippen LogP contribution in [0.1, 0.15) is 41.6 Å². The number of carbonyl (C=O) groups excluding carboxylic acids is 1. The summed E-state index contributed by atoms with van der Waals surface area (Å²) in [5.74, 6) is 0.0509. The van der Waals surface area contributed by atoms with E-state index in [0.717, 1.165) is 23.5 Å². The molecular weight excluding hydrogens is 334 g/mol. The fourth-order valence-electron chi connectivity index (χ4n) is 2.33. The Morgan fingerprint density at radius 3 is 2.32 bits per heavy atom. The van der Waals surface area contributed by atoms with E-state index in [1.807, 2.05) is 42.5 Å². The van der Waals surface area contributed by atoms with Gasteiger partial charge in [-0.3, -0.25) is 9.59 Å². The minimum absolute atomic E-state index is 0.0853. The molecule has 0 spiro atoms. The third kappa shape index (κ3) is 7.44. The first-order chi connectivity index (χ1) is 12.1. The number of hydrogen-bond acceptors (Lipinski definition) is 3. The standard InChI is InChI=1S/C20H23NO3S/c22-19(23)9-5-2-6-14-21-20(24)17-10-12-18(13-11-17)25-15-16-7-3-1-4-8-16/h1,3-4,7-8,10-13H,2,5-6,9,14-15H2,(H,21,24)(H,22,23). The Kier molecular flexibility index (Phi) is 8.05. The van der Waals surface area contributed by atoms with Crippen molar-refractivity contribution in [1.82, 2.24) is 5.32 Å². The first-order valence-electron chi connectivity index (χ1n) is 8.42. The van der Waals surface area contributed by atoms with Crippen LogP contribution < -0.4 is 5.32 Å². The third-order valence-corrected chi connectivity index (χ3v) is 4.80. The van der Waals surface area contributed by atoms with Crippen LogP contribution in [-0.4, -0.2) is 23.5 Å². The lowest BCUT2D eigenvalue weighted by Gasteiger charge is -2.06. The maximum absolute atomic E-state index is 12.1. The largest absolute Gasteiger partial charge is 0.481 e. The lowest BCUT2D eigenvalue weighted by Crippen LogP contribution is -2.24. The highest BCUT2D eigenvalue weighted by Gasteiger charge is 2.05. The highest BCUT2D eigenvalue weighted by molar-refractivity contribution is 7.98. The summed E-state index contributed by atoms with van der Waals surface area (Å²) in [6.07, 6.45) is 2.44. The molecule has 2 N–H and O–H groups in total. The van der Waals surface area contributed by atoms with Crippen LogP contribution in [0.5, 0.6) is 0 Å². The number of unbranched alkanes of at least 4 members (excludes halogenated alkanes) is 2. The molecule has 0 radical (unpaired) electrons. The second kappa shape index (κ2) is 10.6. The fourth-order valence-corrected chi connectivity index (χ4v) is 3.18. The summed E-state index contributed by atoms with van der Waals surface area (Å²) in [7, 11) is 0. The van der Waals surface area contributed by atoms with Crippen LogP contribution in [-0.2, 0) is 10.5 Å². The fraction of sp³-hybridized carbons (Fsp3) is 0.300. The Morgan fingerprint density at radius 2 is 1.64 bits per heavy atom. The van der Waals surface area contributed by atoms with Crippen LogP contribution >= 0.6 is 11.8 Å². The van der Waals surface area contributed by atoms with Gasteiger partial charge in [0.2, 0.25) is 0 Å². The van der Waals surface area contributed by atoms with Crippen LogP contribution in [0.4, 0.5) is 0 Å². The van der Waals surface area contributed by atoms with E-state index in [9.17, 15) is 9.59 Å². The summed E-state index contributed by atoms with van der Waals surface area (Å²) in [6.45, 7) is 0.572. The van der Waals surface area contributed by atoms with Crippen LogP contribution in [0, 0.1) is 0 Å². The van der Waals surface area contributed by atoms with Gasteiger partial charge in [-0.15, -0.1) is 11.8 Å². The number of carboxylic acid groups (broad SMARTS) is 1. The molecule has 0 saturated carbocycles. The van der Waals surface area contributed by atoms with E-state index in [1.54, 1.807) is 11.8 Å². The molecule has 0 saturated heterocycles. The van der Waals surface area contributed by atoms with E-state index in [-0.39, 0.29) is 12.3 Å². The normalized spacial score (nSPS) is 10.4. The number of thioether (sulfide) groups is 1. The van der Waals surface area contributed by atoms with E-state index in [2.05, 4.69) is 17.4 Å². The molecule has 0 aliphatic carbocycles. The zero-order valence-corrected chi connectivity index (χ0v) is 14.9. The summed E-state index contributed by atoms with van der Waals surface area (Å²) in [4.78, 5) is 23.6. The Labute approximate surface area is 152 Å². The van der Waals surface area contributed by atoms with E-state index < -0.39 is 5.97 Å². The molecule has 25 heavy (non-hydrogen) atoms. The van der Waals surface area contributed by atoms with Gasteiger partial charge in [0.25, 0.3) is 5.91 Å². The van der Waals surface area contributed by atoms with Crippen LogP contribution in [0.2, 0.25) is 0 Å². The van der Waals surface area contributed by atoms with Crippen molar-refractivity contribution >= 4 is 23.6 Å². The van der Waals surface area contributed by atoms with Gasteiger partial charge >= 0.3 is 5.97 Å². The van der Waals surface area contributed by atoms with Crippen molar-refractivity contribution in [2.45, 2.75) is 36.3 Å². The Bertz CT molecular complexity index is 671. The van der Waals surface area contributed by atoms with Gasteiger partial charge in [-0.05, 0) is 42.7 Å². The Morgan fingerprint density at radius 1 is 0.920 bits per heavy atom. The SMILES string of the molecule is O=C(O)CCCCCNC(=O)c1ccc(SCc2ccccc2)cc1. The van der Waals surface area contributed by atoms with Gasteiger partial charge in [0, 0.05) is 29.2 Å². The molecule has 0 aliphatic rings. The lowest BCUT2D eigenvalue weighted by molar-refractivity contribution is -0.137. The van der Waals surface area contributed by atoms with Crippen molar-refractivity contribution in [1.29, 1.82) is 0 Å². The minimum Gasteiger partial charge on any atom is -0.481 e. The molecule has 132 valence electrons. The highest BCUT2D eigenvalue weighted by Crippen LogP contribution is 2.22. The molecule has 2 aromatic rings. The molecule has 2 aromatic carbocycles. The quantitative estimate of drug-likeness (QED) is 0.490. The number of carboxylic acids is 1. The molecule has 0 aliphatic heterocycles. The molecule has 0 heterocycles. The summed E-state index contributed by atoms with van der Waals surface area (Å²) in [5.41, 5.74) is 1.92. The van der Waals surface area contributed by atoms with E-state index >= 15 is 0 Å². The lowest BCUT2D eigenvalue weighted by atomic mass is 10.2. The zero-order valence-electron chi connectivity index (χ0n) is 14.1. The zero-order chi connectivity index (χ0) is 17.9. The van der Waals surface area contributed by atoms with Crippen molar-refractivity contribution < 1.29 is 14.7 Å². The number of hydrogen-bond donors (Lipinski definition) is 2. The predicted octanol–water partition coefficient (Wildman–Crippen LogP) is 4.35. The van der Waals surface area contributed by atoms with Gasteiger partial charge in [0.1, 0.15) is 0 Å². The van der Waals surface area contributed by atoms with E-state index in [0.29, 0.717) is 18.5 Å². The molecule has 1 amide bonds. The Hall–Kier alpha value is -2.27. The third-order valence-electron chi connectivity index (χ3n) is 3.72. The molecule has 0 bridgehead atoms. The number of aliphatic carboxylic acids is 1. The van der Waals surface area contributed by atoms with Crippen molar-refractivity contribution in [3.8, 4) is 0 Å². The molecule has 2 rings (SSSR count). The van der Waals surface area contributed by atoms with Gasteiger partial charge in [-0.1, -0.05) is 36.8 Å². The topological polar surface area (TPSA) is 66.4 Å². The number of amides is 1. The first-order valence-corrected chi connectivity index (χ1v) is 9.40. The highest BCUT2D eigenvalue weighted by atomic mass is 32.2. The molecule has 5 heteroatoms. The number of rotatable bonds is 10. The van der Waals surface area contributed by atoms with E-state index in [1.165, 1.54) is 5.56 Å². The summed E-state index contributed by atoms with van der Waals surface area (Å²) in [6, 6.07) is 17.9. The van der Waals surface area contributed by atoms with Crippen molar-refractivity contribution in [2.24, 2.45) is 0 Å². The second-order valence-electron chi connectivity index (χ2n) is 5.76. The average Bonchev–Trinajstić information content (AvgIpc) is 2.63. The maximum atomic E-state index is 12.1. The molecule has 0 unspecified atom stereocenters. The smallest absolute Gasteiger partial charge is 0.303 e. The van der Waals surface area contributed by atoms with E-state index in [4.69, 9.17) is 5.11 Å². The molecule has 4 nitrogen and oxygen atoms in total. The van der Waals surface area contributed by atoms with Crippen LogP contribution in [0.15, 0.2) is 59.5 Å². The molecule has 0 fully saturated rings. The summed E-state index contributed by atoms with van der Waals surface area (Å²) < 4.78 is 0. The summed E-state index contributed by atoms with van der Waals surface area (Å²) in [5, 5.41) is 11.4. The summed E-state index contributed by atoms with van der Waals surface area (Å²) >= 11 is 1.74. The first kappa shape index (κ1) is 19.1. The Balaban J connectivity index is 1.69. The number of benzene rings is 2. The van der Waals surface area contributed by atoms with Crippen LogP contribution in [0.25, 0.3) is 0 Å². The molecule has 0 aromatic heterocycles. The van der Waals surface area contributed by atoms with Crippen molar-refractivity contribution in [3.63, 3.8) is 0 Å². The van der Waals surface area contributed by atoms with Gasteiger partial charge in [-0.25, -0.2) is 0 Å². The van der Waals surface area contributed by atoms with Gasteiger partial charge < -0.3 is 10.4 Å². The monoisotopic (exact) mass is 357 g/mol. The van der Waals surface area contributed by atoms with Gasteiger partial charge in [-0.2, -0.15) is 0 Å². The molecule has 0 atom stereocenters. The van der Waals surface area contributed by atoms with Crippen LogP contribution in [0.3, 0.4) is 0 Å². The van der Waals surface area contributed by atoms with Crippen molar-refractivity contribution in [3.05, 3.63) is 65.7 Å². The second-order valence-corrected chi connectivity index (χ2v) is 6.81. The maximum Gasteiger partial charge on any atom is 0.303 e. The number of nitrogens with one attached hydrogen (secondary N) is 1.